The number of ether oxygens (including phenoxy) is 1. The average molecular weight is 170 g/mol. The second kappa shape index (κ2) is 4.48. The molecule has 0 spiro atoms. The van der Waals surface area contributed by atoms with E-state index in [-0.39, 0.29) is 11.9 Å². The van der Waals surface area contributed by atoms with Crippen LogP contribution in [0.5, 0.6) is 0 Å². The number of carbonyl (C=O) groups is 1. The SMILES string of the molecule is CC(C)CC1CCCCOC1=O. The van der Waals surface area contributed by atoms with Gasteiger partial charge >= 0.3 is 5.97 Å². The van der Waals surface area contributed by atoms with Crippen molar-refractivity contribution in [3.05, 3.63) is 0 Å². The smallest absolute Gasteiger partial charge is 0.308 e. The van der Waals surface area contributed by atoms with Gasteiger partial charge in [0.25, 0.3) is 0 Å². The Labute approximate surface area is 74.3 Å². The van der Waals surface area contributed by atoms with Crippen molar-refractivity contribution >= 4 is 5.97 Å². The summed E-state index contributed by atoms with van der Waals surface area (Å²) in [6.45, 7) is 4.93. The van der Waals surface area contributed by atoms with E-state index < -0.39 is 0 Å². The third-order valence-electron chi connectivity index (χ3n) is 2.28. The van der Waals surface area contributed by atoms with Crippen molar-refractivity contribution in [3.8, 4) is 0 Å². The minimum absolute atomic E-state index is 0.0289. The number of esters is 1. The monoisotopic (exact) mass is 170 g/mol. The van der Waals surface area contributed by atoms with Gasteiger partial charge < -0.3 is 4.74 Å². The van der Waals surface area contributed by atoms with E-state index in [0.717, 1.165) is 25.7 Å². The zero-order valence-corrected chi connectivity index (χ0v) is 8.01. The highest BCUT2D eigenvalue weighted by atomic mass is 16.5. The molecule has 1 saturated heterocycles. The fourth-order valence-corrected chi connectivity index (χ4v) is 1.68. The summed E-state index contributed by atoms with van der Waals surface area (Å²) in [6.07, 6.45) is 4.19. The van der Waals surface area contributed by atoms with Gasteiger partial charge in [0, 0.05) is 0 Å². The highest BCUT2D eigenvalue weighted by Crippen LogP contribution is 2.22. The second-order valence-electron chi connectivity index (χ2n) is 3.99. The minimum atomic E-state index is 0.0289. The van der Waals surface area contributed by atoms with Crippen molar-refractivity contribution in [1.82, 2.24) is 0 Å². The molecule has 1 atom stereocenters. The van der Waals surface area contributed by atoms with Crippen LogP contribution in [0.15, 0.2) is 0 Å². The molecule has 0 saturated carbocycles. The highest BCUT2D eigenvalue weighted by molar-refractivity contribution is 5.72. The van der Waals surface area contributed by atoms with Gasteiger partial charge in [-0.3, -0.25) is 4.79 Å². The van der Waals surface area contributed by atoms with E-state index in [9.17, 15) is 4.79 Å². The Bertz CT molecular complexity index is 152. The van der Waals surface area contributed by atoms with E-state index in [4.69, 9.17) is 4.74 Å². The fourth-order valence-electron chi connectivity index (χ4n) is 1.68. The molecule has 2 heteroatoms. The van der Waals surface area contributed by atoms with Crippen LogP contribution in [-0.4, -0.2) is 12.6 Å². The van der Waals surface area contributed by atoms with Crippen LogP contribution in [0.2, 0.25) is 0 Å². The molecule has 0 bridgehead atoms. The molecule has 70 valence electrons. The van der Waals surface area contributed by atoms with Crippen molar-refractivity contribution in [3.63, 3.8) is 0 Å². The lowest BCUT2D eigenvalue weighted by Crippen LogP contribution is -2.17. The normalized spacial score (nSPS) is 25.2. The molecule has 0 N–H and O–H groups in total. The maximum Gasteiger partial charge on any atom is 0.308 e. The summed E-state index contributed by atoms with van der Waals surface area (Å²) in [4.78, 5) is 11.3. The van der Waals surface area contributed by atoms with Crippen LogP contribution in [0.25, 0.3) is 0 Å². The summed E-state index contributed by atoms with van der Waals surface area (Å²) >= 11 is 0. The van der Waals surface area contributed by atoms with Crippen LogP contribution in [0.1, 0.15) is 39.5 Å². The number of hydrogen-bond donors (Lipinski definition) is 0. The molecular weight excluding hydrogens is 152 g/mol. The van der Waals surface area contributed by atoms with Crippen LogP contribution in [0, 0.1) is 11.8 Å². The molecule has 1 heterocycles. The maximum absolute atomic E-state index is 11.3. The quantitative estimate of drug-likeness (QED) is 0.595. The Morgan fingerprint density at radius 2 is 2.25 bits per heavy atom. The Morgan fingerprint density at radius 1 is 1.50 bits per heavy atom. The Hall–Kier alpha value is -0.530. The summed E-state index contributed by atoms with van der Waals surface area (Å²) in [5, 5.41) is 0. The molecule has 1 aliphatic heterocycles. The van der Waals surface area contributed by atoms with Gasteiger partial charge in [0.1, 0.15) is 0 Å². The molecular formula is C10H18O2. The number of carbonyl (C=O) groups excluding carboxylic acids is 1. The van der Waals surface area contributed by atoms with Crippen LogP contribution in [0.4, 0.5) is 0 Å². The second-order valence-corrected chi connectivity index (χ2v) is 3.99. The van der Waals surface area contributed by atoms with Gasteiger partial charge in [-0.2, -0.15) is 0 Å². The molecule has 12 heavy (non-hydrogen) atoms. The Kier molecular flexibility index (Phi) is 3.57. The number of hydrogen-bond acceptors (Lipinski definition) is 2. The lowest BCUT2D eigenvalue weighted by atomic mass is 9.93. The fraction of sp³-hybridized carbons (Fsp3) is 0.900. The first-order valence-electron chi connectivity index (χ1n) is 4.87. The predicted molar refractivity (Wildman–Crippen MR) is 47.8 cm³/mol. The topological polar surface area (TPSA) is 26.3 Å². The van der Waals surface area contributed by atoms with Gasteiger partial charge in [-0.1, -0.05) is 13.8 Å². The predicted octanol–water partition coefficient (Wildman–Crippen LogP) is 2.38. The molecule has 2 nitrogen and oxygen atoms in total. The minimum Gasteiger partial charge on any atom is -0.465 e. The number of rotatable bonds is 2. The molecule has 1 rings (SSSR count). The van der Waals surface area contributed by atoms with Gasteiger partial charge in [-0.15, -0.1) is 0 Å². The summed E-state index contributed by atoms with van der Waals surface area (Å²) in [6, 6.07) is 0. The average Bonchev–Trinajstić information content (AvgIpc) is 2.16. The van der Waals surface area contributed by atoms with Gasteiger partial charge in [0.05, 0.1) is 12.5 Å². The lowest BCUT2D eigenvalue weighted by Gasteiger charge is -2.13. The van der Waals surface area contributed by atoms with E-state index >= 15 is 0 Å². The van der Waals surface area contributed by atoms with Crippen molar-refractivity contribution in [2.75, 3.05) is 6.61 Å². The molecule has 1 fully saturated rings. The molecule has 0 aromatic rings. The lowest BCUT2D eigenvalue weighted by molar-refractivity contribution is -0.147. The van der Waals surface area contributed by atoms with E-state index in [0.29, 0.717) is 12.5 Å². The molecule has 0 aromatic carbocycles. The Balaban J connectivity index is 2.42. The van der Waals surface area contributed by atoms with Crippen LogP contribution >= 0.6 is 0 Å². The Morgan fingerprint density at radius 3 is 2.92 bits per heavy atom. The van der Waals surface area contributed by atoms with Gasteiger partial charge in [0.15, 0.2) is 0 Å². The maximum atomic E-state index is 11.3. The van der Waals surface area contributed by atoms with Crippen LogP contribution < -0.4 is 0 Å². The van der Waals surface area contributed by atoms with E-state index in [2.05, 4.69) is 13.8 Å². The molecule has 0 aromatic heterocycles. The molecule has 0 radical (unpaired) electrons. The van der Waals surface area contributed by atoms with Crippen molar-refractivity contribution in [1.29, 1.82) is 0 Å². The highest BCUT2D eigenvalue weighted by Gasteiger charge is 2.22. The molecule has 0 amide bonds. The molecule has 1 aliphatic rings. The summed E-state index contributed by atoms with van der Waals surface area (Å²) in [5.41, 5.74) is 0. The third kappa shape index (κ3) is 2.84. The van der Waals surface area contributed by atoms with E-state index in [1.807, 2.05) is 0 Å². The van der Waals surface area contributed by atoms with E-state index in [1.54, 1.807) is 0 Å². The van der Waals surface area contributed by atoms with Gasteiger partial charge in [-0.05, 0) is 31.6 Å². The first-order valence-corrected chi connectivity index (χ1v) is 4.87. The molecule has 1 unspecified atom stereocenters. The number of cyclic esters (lactones) is 1. The van der Waals surface area contributed by atoms with Crippen LogP contribution in [-0.2, 0) is 9.53 Å². The van der Waals surface area contributed by atoms with Crippen molar-refractivity contribution in [2.24, 2.45) is 11.8 Å². The zero-order valence-electron chi connectivity index (χ0n) is 8.01. The van der Waals surface area contributed by atoms with Crippen molar-refractivity contribution in [2.45, 2.75) is 39.5 Å². The van der Waals surface area contributed by atoms with Gasteiger partial charge in [-0.25, -0.2) is 0 Å². The van der Waals surface area contributed by atoms with Crippen molar-refractivity contribution < 1.29 is 9.53 Å². The first-order chi connectivity index (χ1) is 5.70. The summed E-state index contributed by atoms with van der Waals surface area (Å²) in [5.74, 6) is 0.800. The van der Waals surface area contributed by atoms with E-state index in [1.165, 1.54) is 0 Å². The summed E-state index contributed by atoms with van der Waals surface area (Å²) in [7, 11) is 0. The molecule has 0 aliphatic carbocycles. The largest absolute Gasteiger partial charge is 0.465 e. The van der Waals surface area contributed by atoms with Crippen LogP contribution in [0.3, 0.4) is 0 Å². The standard InChI is InChI=1S/C10H18O2/c1-8(2)7-9-5-3-4-6-12-10(9)11/h8-9H,3-7H2,1-2H3. The first kappa shape index (κ1) is 9.56. The summed E-state index contributed by atoms with van der Waals surface area (Å²) < 4.78 is 5.08. The zero-order chi connectivity index (χ0) is 8.97. The van der Waals surface area contributed by atoms with Gasteiger partial charge in [0.2, 0.25) is 0 Å². The third-order valence-corrected chi connectivity index (χ3v) is 2.28.